The molecule has 1 atom stereocenters. The molecule has 1 heterocycles. The Bertz CT molecular complexity index is 1290. The van der Waals surface area contributed by atoms with Crippen LogP contribution in [0.15, 0.2) is 60.7 Å². The average Bonchev–Trinajstić information content (AvgIpc) is 2.77. The molecular weight excluding hydrogens is 450 g/mol. The summed E-state index contributed by atoms with van der Waals surface area (Å²) >= 11 is 6.28. The minimum absolute atomic E-state index is 0.0999. The molecule has 8 heteroatoms. The van der Waals surface area contributed by atoms with Crippen LogP contribution >= 0.6 is 11.6 Å². The van der Waals surface area contributed by atoms with Gasteiger partial charge in [0.2, 0.25) is 15.9 Å². The summed E-state index contributed by atoms with van der Waals surface area (Å²) in [6.07, 6.45) is 0.0999. The summed E-state index contributed by atoms with van der Waals surface area (Å²) in [4.78, 5) is 11.8. The normalized spacial score (nSPS) is 17.5. The van der Waals surface area contributed by atoms with E-state index in [4.69, 9.17) is 21.1 Å². The molecular formula is C24H22ClNO5S. The molecule has 0 aromatic heterocycles. The monoisotopic (exact) mass is 471 g/mol. The number of methoxy groups -OCH3 is 2. The van der Waals surface area contributed by atoms with Gasteiger partial charge in [0.05, 0.1) is 25.0 Å². The first-order valence-corrected chi connectivity index (χ1v) is 12.0. The maximum atomic E-state index is 12.0. The molecule has 1 N–H and O–H groups in total. The second-order valence-electron chi connectivity index (χ2n) is 7.59. The molecule has 1 aliphatic heterocycles. The zero-order valence-corrected chi connectivity index (χ0v) is 19.2. The average molecular weight is 472 g/mol. The summed E-state index contributed by atoms with van der Waals surface area (Å²) in [6.45, 7) is 0. The number of nitrogens with one attached hydrogen (secondary N) is 1. The van der Waals surface area contributed by atoms with E-state index in [1.54, 1.807) is 7.11 Å². The number of carbonyl (C=O) groups excluding carboxylic acids is 1. The zero-order valence-electron chi connectivity index (χ0n) is 17.6. The van der Waals surface area contributed by atoms with Crippen molar-refractivity contribution in [2.45, 2.75) is 12.3 Å². The third-order valence-corrected chi connectivity index (χ3v) is 7.15. The molecule has 6 nitrogen and oxygen atoms in total. The fourth-order valence-electron chi connectivity index (χ4n) is 3.96. The Hall–Kier alpha value is -3.03. The van der Waals surface area contributed by atoms with Crippen LogP contribution in [-0.2, 0) is 14.8 Å². The SMILES string of the molecule is COc1ccc(-c2cccc(-c3ccc(C4CC(=O)NS(=O)(=O)C4)c(OC)c3)c2)cc1Cl. The van der Waals surface area contributed by atoms with Crippen molar-refractivity contribution in [2.24, 2.45) is 0 Å². The molecule has 1 unspecified atom stereocenters. The van der Waals surface area contributed by atoms with Crippen molar-refractivity contribution in [3.8, 4) is 33.8 Å². The van der Waals surface area contributed by atoms with Gasteiger partial charge in [-0.15, -0.1) is 0 Å². The number of halogens is 1. The Labute approximate surface area is 192 Å². The third-order valence-electron chi connectivity index (χ3n) is 5.48. The van der Waals surface area contributed by atoms with E-state index in [1.165, 1.54) is 7.11 Å². The number of sulfonamides is 1. The first-order valence-electron chi connectivity index (χ1n) is 9.95. The summed E-state index contributed by atoms with van der Waals surface area (Å²) in [5, 5.41) is 0.535. The van der Waals surface area contributed by atoms with Crippen LogP contribution in [-0.4, -0.2) is 34.3 Å². The van der Waals surface area contributed by atoms with Crippen LogP contribution in [0.2, 0.25) is 5.02 Å². The summed E-state index contributed by atoms with van der Waals surface area (Å²) in [7, 11) is -0.522. The third kappa shape index (κ3) is 4.59. The van der Waals surface area contributed by atoms with Gasteiger partial charge in [-0.05, 0) is 52.1 Å². The summed E-state index contributed by atoms with van der Waals surface area (Å²) in [5.74, 6) is 0.0617. The van der Waals surface area contributed by atoms with Crippen LogP contribution < -0.4 is 14.2 Å². The van der Waals surface area contributed by atoms with Crippen molar-refractivity contribution in [3.63, 3.8) is 0 Å². The largest absolute Gasteiger partial charge is 0.496 e. The molecule has 0 saturated carbocycles. The highest BCUT2D eigenvalue weighted by Crippen LogP contribution is 2.37. The molecule has 1 fully saturated rings. The first-order chi connectivity index (χ1) is 15.3. The van der Waals surface area contributed by atoms with Crippen molar-refractivity contribution < 1.29 is 22.7 Å². The molecule has 3 aromatic rings. The van der Waals surface area contributed by atoms with Gasteiger partial charge in [-0.2, -0.15) is 0 Å². The van der Waals surface area contributed by atoms with E-state index in [0.29, 0.717) is 22.1 Å². The number of hydrogen-bond acceptors (Lipinski definition) is 5. The lowest BCUT2D eigenvalue weighted by molar-refractivity contribution is -0.119. The van der Waals surface area contributed by atoms with Crippen molar-refractivity contribution >= 4 is 27.5 Å². The van der Waals surface area contributed by atoms with Crippen LogP contribution in [0.1, 0.15) is 17.9 Å². The van der Waals surface area contributed by atoms with E-state index >= 15 is 0 Å². The van der Waals surface area contributed by atoms with E-state index < -0.39 is 21.8 Å². The Morgan fingerprint density at radius 1 is 0.875 bits per heavy atom. The molecule has 32 heavy (non-hydrogen) atoms. The molecule has 4 rings (SSSR count). The van der Waals surface area contributed by atoms with Gasteiger partial charge in [0.25, 0.3) is 0 Å². The molecule has 3 aromatic carbocycles. The molecule has 0 aliphatic carbocycles. The predicted molar refractivity (Wildman–Crippen MR) is 125 cm³/mol. The molecule has 1 saturated heterocycles. The minimum atomic E-state index is -3.64. The summed E-state index contributed by atoms with van der Waals surface area (Å²) in [5.41, 5.74) is 4.53. The second kappa shape index (κ2) is 8.84. The fourth-order valence-corrected chi connectivity index (χ4v) is 5.55. The molecule has 0 spiro atoms. The van der Waals surface area contributed by atoms with Gasteiger partial charge in [0.15, 0.2) is 0 Å². The Morgan fingerprint density at radius 3 is 2.12 bits per heavy atom. The number of hydrogen-bond donors (Lipinski definition) is 1. The van der Waals surface area contributed by atoms with Gasteiger partial charge in [-0.1, -0.05) is 48.0 Å². The van der Waals surface area contributed by atoms with Gasteiger partial charge in [0, 0.05) is 12.3 Å². The number of ether oxygens (including phenoxy) is 2. The maximum Gasteiger partial charge on any atom is 0.235 e. The maximum absolute atomic E-state index is 12.0. The Kier molecular flexibility index (Phi) is 6.13. The van der Waals surface area contributed by atoms with E-state index in [9.17, 15) is 13.2 Å². The van der Waals surface area contributed by atoms with Crippen LogP contribution in [0.5, 0.6) is 11.5 Å². The molecule has 1 amide bonds. The molecule has 1 aliphatic rings. The second-order valence-corrected chi connectivity index (χ2v) is 9.77. The van der Waals surface area contributed by atoms with Crippen LogP contribution in [0.25, 0.3) is 22.3 Å². The highest BCUT2D eigenvalue weighted by atomic mass is 35.5. The standard InChI is InChI=1S/C24H22ClNO5S/c1-30-22-9-7-17(11-21(22)25)15-4-3-5-16(10-15)18-6-8-20(23(12-18)31-2)19-13-24(27)26-32(28,29)14-19/h3-12,19H,13-14H2,1-2H3,(H,26,27). The van der Waals surface area contributed by atoms with Crippen LogP contribution in [0.3, 0.4) is 0 Å². The van der Waals surface area contributed by atoms with Crippen LogP contribution in [0, 0.1) is 0 Å². The van der Waals surface area contributed by atoms with Crippen molar-refractivity contribution in [3.05, 3.63) is 71.2 Å². The van der Waals surface area contributed by atoms with Gasteiger partial charge in [-0.3, -0.25) is 9.52 Å². The molecule has 166 valence electrons. The number of rotatable bonds is 5. The van der Waals surface area contributed by atoms with Crippen molar-refractivity contribution in [2.75, 3.05) is 20.0 Å². The lowest BCUT2D eigenvalue weighted by atomic mass is 9.92. The summed E-state index contributed by atoms with van der Waals surface area (Å²) < 4.78 is 36.8. The van der Waals surface area contributed by atoms with Crippen LogP contribution in [0.4, 0.5) is 0 Å². The fraction of sp³-hybridized carbons (Fsp3) is 0.208. The van der Waals surface area contributed by atoms with E-state index in [-0.39, 0.29) is 12.2 Å². The predicted octanol–water partition coefficient (Wildman–Crippen LogP) is 4.62. The number of carbonyl (C=O) groups is 1. The topological polar surface area (TPSA) is 81.7 Å². The zero-order chi connectivity index (χ0) is 22.9. The Morgan fingerprint density at radius 2 is 1.50 bits per heavy atom. The Balaban J connectivity index is 1.68. The van der Waals surface area contributed by atoms with Gasteiger partial charge < -0.3 is 9.47 Å². The van der Waals surface area contributed by atoms with Gasteiger partial charge in [0.1, 0.15) is 11.5 Å². The highest BCUT2D eigenvalue weighted by Gasteiger charge is 2.32. The molecule has 0 radical (unpaired) electrons. The van der Waals surface area contributed by atoms with Crippen molar-refractivity contribution in [1.29, 1.82) is 0 Å². The summed E-state index contributed by atoms with van der Waals surface area (Å²) in [6, 6.07) is 19.2. The lowest BCUT2D eigenvalue weighted by Gasteiger charge is -2.24. The number of amides is 1. The first kappa shape index (κ1) is 22.2. The van der Waals surface area contributed by atoms with Crippen molar-refractivity contribution in [1.82, 2.24) is 4.72 Å². The highest BCUT2D eigenvalue weighted by molar-refractivity contribution is 7.90. The van der Waals surface area contributed by atoms with E-state index in [1.807, 2.05) is 65.4 Å². The number of benzene rings is 3. The quantitative estimate of drug-likeness (QED) is 0.587. The van der Waals surface area contributed by atoms with Gasteiger partial charge >= 0.3 is 0 Å². The minimum Gasteiger partial charge on any atom is -0.496 e. The smallest absolute Gasteiger partial charge is 0.235 e. The van der Waals surface area contributed by atoms with E-state index in [2.05, 4.69) is 0 Å². The van der Waals surface area contributed by atoms with E-state index in [0.717, 1.165) is 22.3 Å². The molecule has 0 bridgehead atoms. The lowest BCUT2D eigenvalue weighted by Crippen LogP contribution is -2.40. The van der Waals surface area contributed by atoms with Gasteiger partial charge in [-0.25, -0.2) is 8.42 Å².